The number of aryl methyl sites for hydroxylation is 4. The highest BCUT2D eigenvalue weighted by Gasteiger charge is 2.31. The quantitative estimate of drug-likeness (QED) is 0.521. The van der Waals surface area contributed by atoms with Crippen molar-refractivity contribution in [2.75, 3.05) is 31.9 Å². The number of piperazine rings is 1. The van der Waals surface area contributed by atoms with E-state index in [1.165, 1.54) is 16.1 Å². The summed E-state index contributed by atoms with van der Waals surface area (Å²) < 4.78 is 29.2. The SMILES string of the molecule is Cc1ccc(S(=O)(=O)N2CCN(C(=O)CSc3nc4nc(C)cc(C)n4n3)CC2)c(C)c1. The zero-order chi connectivity index (χ0) is 23.0. The summed E-state index contributed by atoms with van der Waals surface area (Å²) in [6, 6.07) is 7.26. The molecule has 0 radical (unpaired) electrons. The fourth-order valence-corrected chi connectivity index (χ4v) is 6.18. The molecule has 0 spiro atoms. The molecule has 1 aliphatic rings. The molecule has 4 rings (SSSR count). The summed E-state index contributed by atoms with van der Waals surface area (Å²) >= 11 is 1.26. The predicted octanol–water partition coefficient (Wildman–Crippen LogP) is 1.98. The van der Waals surface area contributed by atoms with Crippen molar-refractivity contribution in [2.45, 2.75) is 37.7 Å². The zero-order valence-corrected chi connectivity index (χ0v) is 20.2. The number of amides is 1. The monoisotopic (exact) mass is 474 g/mol. The van der Waals surface area contributed by atoms with Gasteiger partial charge in [0, 0.05) is 37.6 Å². The van der Waals surface area contributed by atoms with Crippen LogP contribution >= 0.6 is 11.8 Å². The van der Waals surface area contributed by atoms with E-state index in [1.54, 1.807) is 15.5 Å². The molecular formula is C21H26N6O3S2. The lowest BCUT2D eigenvalue weighted by molar-refractivity contribution is -0.129. The number of benzene rings is 1. The first kappa shape index (κ1) is 22.7. The van der Waals surface area contributed by atoms with Crippen LogP contribution in [0.2, 0.25) is 0 Å². The second kappa shape index (κ2) is 8.80. The molecule has 1 fully saturated rings. The highest BCUT2D eigenvalue weighted by molar-refractivity contribution is 7.99. The van der Waals surface area contributed by atoms with Crippen molar-refractivity contribution in [3.63, 3.8) is 0 Å². The number of aromatic nitrogens is 4. The first-order chi connectivity index (χ1) is 15.1. The molecule has 32 heavy (non-hydrogen) atoms. The smallest absolute Gasteiger partial charge is 0.253 e. The molecular weight excluding hydrogens is 448 g/mol. The maximum Gasteiger partial charge on any atom is 0.253 e. The van der Waals surface area contributed by atoms with Crippen LogP contribution in [-0.4, -0.2) is 75.0 Å². The lowest BCUT2D eigenvalue weighted by atomic mass is 10.2. The van der Waals surface area contributed by atoms with Crippen LogP contribution in [0.25, 0.3) is 5.78 Å². The summed E-state index contributed by atoms with van der Waals surface area (Å²) in [6.07, 6.45) is 0. The van der Waals surface area contributed by atoms with Gasteiger partial charge < -0.3 is 4.90 Å². The summed E-state index contributed by atoms with van der Waals surface area (Å²) in [7, 11) is -3.58. The van der Waals surface area contributed by atoms with Gasteiger partial charge in [0.2, 0.25) is 21.1 Å². The highest BCUT2D eigenvalue weighted by atomic mass is 32.2. The molecule has 170 valence electrons. The summed E-state index contributed by atoms with van der Waals surface area (Å²) in [5.41, 5.74) is 3.55. The molecule has 1 aromatic carbocycles. The van der Waals surface area contributed by atoms with Crippen LogP contribution in [0.4, 0.5) is 0 Å². The Bertz CT molecular complexity index is 1280. The number of carbonyl (C=O) groups is 1. The van der Waals surface area contributed by atoms with Crippen molar-refractivity contribution >= 4 is 33.5 Å². The van der Waals surface area contributed by atoms with Crippen LogP contribution in [0.1, 0.15) is 22.5 Å². The van der Waals surface area contributed by atoms with Gasteiger partial charge in [-0.25, -0.2) is 17.9 Å². The van der Waals surface area contributed by atoms with Crippen molar-refractivity contribution in [1.29, 1.82) is 0 Å². The van der Waals surface area contributed by atoms with E-state index in [9.17, 15) is 13.2 Å². The average Bonchev–Trinajstić information content (AvgIpc) is 3.15. The van der Waals surface area contributed by atoms with E-state index in [2.05, 4.69) is 15.1 Å². The Morgan fingerprint density at radius 3 is 2.44 bits per heavy atom. The maximum absolute atomic E-state index is 13.0. The number of rotatable bonds is 5. The second-order valence-corrected chi connectivity index (χ2v) is 10.8. The number of carbonyl (C=O) groups excluding carboxylic acids is 1. The minimum atomic E-state index is -3.58. The first-order valence-corrected chi connectivity index (χ1v) is 12.8. The van der Waals surface area contributed by atoms with Crippen molar-refractivity contribution in [3.8, 4) is 0 Å². The Balaban J connectivity index is 1.36. The van der Waals surface area contributed by atoms with Gasteiger partial charge in [-0.15, -0.1) is 5.10 Å². The van der Waals surface area contributed by atoms with Crippen molar-refractivity contribution in [3.05, 3.63) is 46.8 Å². The van der Waals surface area contributed by atoms with Gasteiger partial charge in [0.15, 0.2) is 0 Å². The van der Waals surface area contributed by atoms with Gasteiger partial charge in [-0.1, -0.05) is 29.5 Å². The van der Waals surface area contributed by atoms with Crippen LogP contribution in [0.5, 0.6) is 0 Å². The third-order valence-electron chi connectivity index (χ3n) is 5.46. The van der Waals surface area contributed by atoms with E-state index >= 15 is 0 Å². The van der Waals surface area contributed by atoms with E-state index in [1.807, 2.05) is 45.9 Å². The number of thioether (sulfide) groups is 1. The van der Waals surface area contributed by atoms with Crippen LogP contribution in [-0.2, 0) is 14.8 Å². The van der Waals surface area contributed by atoms with Crippen LogP contribution in [0, 0.1) is 27.7 Å². The van der Waals surface area contributed by atoms with Crippen molar-refractivity contribution < 1.29 is 13.2 Å². The molecule has 9 nitrogen and oxygen atoms in total. The minimum Gasteiger partial charge on any atom is -0.339 e. The lowest BCUT2D eigenvalue weighted by Crippen LogP contribution is -2.51. The van der Waals surface area contributed by atoms with Crippen LogP contribution in [0.3, 0.4) is 0 Å². The Labute approximate surface area is 191 Å². The Hall–Kier alpha value is -2.50. The fraction of sp³-hybridized carbons (Fsp3) is 0.429. The van der Waals surface area contributed by atoms with Gasteiger partial charge in [0.05, 0.1) is 10.6 Å². The molecule has 0 atom stereocenters. The average molecular weight is 475 g/mol. The second-order valence-electron chi connectivity index (χ2n) is 7.99. The van der Waals surface area contributed by atoms with E-state index in [0.29, 0.717) is 28.9 Å². The summed E-state index contributed by atoms with van der Waals surface area (Å²) in [5, 5.41) is 4.91. The summed E-state index contributed by atoms with van der Waals surface area (Å²) in [4.78, 5) is 23.5. The zero-order valence-electron chi connectivity index (χ0n) is 18.6. The van der Waals surface area contributed by atoms with E-state index in [0.717, 1.165) is 22.5 Å². The molecule has 0 saturated carbocycles. The van der Waals surface area contributed by atoms with E-state index in [4.69, 9.17) is 0 Å². The molecule has 1 amide bonds. The standard InChI is InChI=1S/C21H26N6O3S2/c1-14-5-6-18(15(2)11-14)32(29,30)26-9-7-25(8-10-26)19(28)13-31-21-23-20-22-16(3)12-17(4)27(20)24-21/h5-6,11-12H,7-10,13H2,1-4H3. The fourth-order valence-electron chi connectivity index (χ4n) is 3.83. The largest absolute Gasteiger partial charge is 0.339 e. The lowest BCUT2D eigenvalue weighted by Gasteiger charge is -2.34. The third kappa shape index (κ3) is 4.50. The summed E-state index contributed by atoms with van der Waals surface area (Å²) in [6.45, 7) is 8.86. The van der Waals surface area contributed by atoms with Crippen molar-refractivity contribution in [1.82, 2.24) is 28.8 Å². The Morgan fingerprint density at radius 1 is 1.03 bits per heavy atom. The van der Waals surface area contributed by atoms with Gasteiger partial charge in [0.25, 0.3) is 5.78 Å². The van der Waals surface area contributed by atoms with Crippen LogP contribution < -0.4 is 0 Å². The number of hydrogen-bond donors (Lipinski definition) is 0. The van der Waals surface area contributed by atoms with Gasteiger partial charge in [-0.3, -0.25) is 4.79 Å². The molecule has 1 aliphatic heterocycles. The molecule has 11 heteroatoms. The molecule has 0 bridgehead atoms. The van der Waals surface area contributed by atoms with Gasteiger partial charge in [-0.05, 0) is 45.4 Å². The molecule has 0 unspecified atom stereocenters. The molecule has 1 saturated heterocycles. The van der Waals surface area contributed by atoms with Crippen molar-refractivity contribution in [2.24, 2.45) is 0 Å². The molecule has 0 aliphatic carbocycles. The third-order valence-corrected chi connectivity index (χ3v) is 8.34. The Kier molecular flexibility index (Phi) is 6.24. The Morgan fingerprint density at radius 2 is 1.75 bits per heavy atom. The van der Waals surface area contributed by atoms with Gasteiger partial charge in [0.1, 0.15) is 0 Å². The number of fused-ring (bicyclic) bond motifs is 1. The normalized spacial score (nSPS) is 15.4. The molecule has 0 N–H and O–H groups in total. The molecule has 3 aromatic rings. The summed E-state index contributed by atoms with van der Waals surface area (Å²) in [5.74, 6) is 0.652. The molecule has 2 aromatic heterocycles. The first-order valence-electron chi connectivity index (χ1n) is 10.3. The van der Waals surface area contributed by atoms with E-state index < -0.39 is 10.0 Å². The highest BCUT2D eigenvalue weighted by Crippen LogP contribution is 2.23. The number of hydrogen-bond acceptors (Lipinski definition) is 7. The minimum absolute atomic E-state index is 0.0571. The van der Waals surface area contributed by atoms with Gasteiger partial charge in [-0.2, -0.15) is 9.29 Å². The van der Waals surface area contributed by atoms with E-state index in [-0.39, 0.29) is 24.7 Å². The molecule has 3 heterocycles. The number of nitrogens with zero attached hydrogens (tertiary/aromatic N) is 6. The van der Waals surface area contributed by atoms with Gasteiger partial charge >= 0.3 is 0 Å². The topological polar surface area (TPSA) is 101 Å². The maximum atomic E-state index is 13.0. The van der Waals surface area contributed by atoms with Crippen LogP contribution in [0.15, 0.2) is 34.3 Å². The predicted molar refractivity (Wildman–Crippen MR) is 122 cm³/mol. The number of sulfonamides is 1.